The van der Waals surface area contributed by atoms with Crippen molar-refractivity contribution in [3.05, 3.63) is 47.3 Å². The van der Waals surface area contributed by atoms with Crippen LogP contribution in [0.3, 0.4) is 0 Å². The lowest BCUT2D eigenvalue weighted by Gasteiger charge is -2.23. The van der Waals surface area contributed by atoms with Crippen molar-refractivity contribution in [2.75, 3.05) is 13.7 Å². The summed E-state index contributed by atoms with van der Waals surface area (Å²) in [6.07, 6.45) is 4.19. The van der Waals surface area contributed by atoms with Crippen molar-refractivity contribution in [3.8, 4) is 5.75 Å². The number of amides is 1. The van der Waals surface area contributed by atoms with Gasteiger partial charge in [0.2, 0.25) is 5.91 Å². The summed E-state index contributed by atoms with van der Waals surface area (Å²) in [5.41, 5.74) is 1.80. The van der Waals surface area contributed by atoms with Crippen LogP contribution >= 0.6 is 0 Å². The average molecular weight is 328 g/mol. The first-order chi connectivity index (χ1) is 11.7. The molecule has 1 amide bonds. The Labute approximate surface area is 142 Å². The minimum absolute atomic E-state index is 0.0292. The molecule has 1 fully saturated rings. The highest BCUT2D eigenvalue weighted by Crippen LogP contribution is 2.32. The molecule has 0 saturated carbocycles. The topological polar surface area (TPSA) is 55.6 Å². The van der Waals surface area contributed by atoms with Gasteiger partial charge in [0.05, 0.1) is 19.6 Å². The Hall–Kier alpha value is -2.30. The molecule has 2 heterocycles. The molecule has 0 bridgehead atoms. The lowest BCUT2D eigenvalue weighted by molar-refractivity contribution is -0.131. The maximum absolute atomic E-state index is 12.8. The van der Waals surface area contributed by atoms with Crippen LogP contribution in [0, 0.1) is 0 Å². The SMILES string of the molecule is CCCc1cc([C@H]2CCCN2C(=O)Cc2ccccc2OC)no1. The monoisotopic (exact) mass is 328 g/mol. The first-order valence-electron chi connectivity index (χ1n) is 8.59. The van der Waals surface area contributed by atoms with Crippen LogP contribution in [0.5, 0.6) is 5.75 Å². The lowest BCUT2D eigenvalue weighted by atomic mass is 10.1. The van der Waals surface area contributed by atoms with Gasteiger partial charge >= 0.3 is 0 Å². The molecule has 0 N–H and O–H groups in total. The average Bonchev–Trinajstić information content (AvgIpc) is 3.24. The quantitative estimate of drug-likeness (QED) is 0.814. The molecule has 1 aliphatic heterocycles. The Balaban J connectivity index is 1.73. The van der Waals surface area contributed by atoms with Crippen LogP contribution in [0.4, 0.5) is 0 Å². The van der Waals surface area contributed by atoms with Crippen LogP contribution in [0.15, 0.2) is 34.9 Å². The van der Waals surface area contributed by atoms with E-state index in [0.717, 1.165) is 55.0 Å². The lowest BCUT2D eigenvalue weighted by Crippen LogP contribution is -2.32. The van der Waals surface area contributed by atoms with Crippen molar-refractivity contribution in [3.63, 3.8) is 0 Å². The molecular weight excluding hydrogens is 304 g/mol. The van der Waals surface area contributed by atoms with Gasteiger partial charge in [0.15, 0.2) is 0 Å². The zero-order valence-corrected chi connectivity index (χ0v) is 14.3. The van der Waals surface area contributed by atoms with Gasteiger partial charge in [-0.1, -0.05) is 30.3 Å². The van der Waals surface area contributed by atoms with E-state index in [-0.39, 0.29) is 11.9 Å². The fraction of sp³-hybridized carbons (Fsp3) is 0.474. The summed E-state index contributed by atoms with van der Waals surface area (Å²) in [7, 11) is 1.63. The molecular formula is C19H24N2O3. The fourth-order valence-electron chi connectivity index (χ4n) is 3.34. The van der Waals surface area contributed by atoms with E-state index in [1.165, 1.54) is 0 Å². The van der Waals surface area contributed by atoms with Crippen molar-refractivity contribution in [2.24, 2.45) is 0 Å². The van der Waals surface area contributed by atoms with E-state index >= 15 is 0 Å². The minimum Gasteiger partial charge on any atom is -0.496 e. The van der Waals surface area contributed by atoms with E-state index in [0.29, 0.717) is 6.42 Å². The van der Waals surface area contributed by atoms with Crippen LogP contribution < -0.4 is 4.74 Å². The summed E-state index contributed by atoms with van der Waals surface area (Å²) in [6.45, 7) is 2.88. The number of nitrogens with zero attached hydrogens (tertiary/aromatic N) is 2. The van der Waals surface area contributed by atoms with Crippen molar-refractivity contribution < 1.29 is 14.1 Å². The van der Waals surface area contributed by atoms with E-state index < -0.39 is 0 Å². The van der Waals surface area contributed by atoms with Gasteiger partial charge in [-0.25, -0.2) is 0 Å². The number of aryl methyl sites for hydroxylation is 1. The number of carbonyl (C=O) groups is 1. The molecule has 0 spiro atoms. The molecule has 1 saturated heterocycles. The van der Waals surface area contributed by atoms with Gasteiger partial charge in [0.1, 0.15) is 17.2 Å². The third-order valence-corrected chi connectivity index (χ3v) is 4.52. The molecule has 5 heteroatoms. The molecule has 24 heavy (non-hydrogen) atoms. The number of likely N-dealkylation sites (tertiary alicyclic amines) is 1. The summed E-state index contributed by atoms with van der Waals surface area (Å²) in [6, 6.07) is 9.71. The largest absolute Gasteiger partial charge is 0.496 e. The molecule has 5 nitrogen and oxygen atoms in total. The number of carbonyl (C=O) groups excluding carboxylic acids is 1. The second-order valence-corrected chi connectivity index (χ2v) is 6.20. The Kier molecular flexibility index (Phi) is 5.18. The first-order valence-corrected chi connectivity index (χ1v) is 8.59. The predicted octanol–water partition coefficient (Wildman–Crippen LogP) is 3.54. The molecule has 1 aromatic heterocycles. The van der Waals surface area contributed by atoms with Crippen LogP contribution in [0.25, 0.3) is 0 Å². The second-order valence-electron chi connectivity index (χ2n) is 6.20. The van der Waals surface area contributed by atoms with E-state index in [1.54, 1.807) is 7.11 Å². The van der Waals surface area contributed by atoms with Gasteiger partial charge in [-0.15, -0.1) is 0 Å². The zero-order valence-electron chi connectivity index (χ0n) is 14.3. The summed E-state index contributed by atoms with van der Waals surface area (Å²) >= 11 is 0. The summed E-state index contributed by atoms with van der Waals surface area (Å²) in [4.78, 5) is 14.7. The molecule has 3 rings (SSSR count). The van der Waals surface area contributed by atoms with E-state index in [1.807, 2.05) is 35.2 Å². The number of hydrogen-bond acceptors (Lipinski definition) is 4. The Bertz CT molecular complexity index is 695. The molecule has 1 aliphatic rings. The van der Waals surface area contributed by atoms with Gasteiger partial charge in [-0.2, -0.15) is 0 Å². The van der Waals surface area contributed by atoms with Crippen LogP contribution in [-0.4, -0.2) is 29.6 Å². The number of para-hydroxylation sites is 1. The smallest absolute Gasteiger partial charge is 0.227 e. The standard InChI is InChI=1S/C19H24N2O3/c1-3-7-15-13-16(20-24-15)17-9-6-11-21(17)19(22)12-14-8-4-5-10-18(14)23-2/h4-5,8,10,13,17H,3,6-7,9,11-12H2,1-2H3/t17-/m1/s1. The molecule has 0 radical (unpaired) electrons. The van der Waals surface area contributed by atoms with Gasteiger partial charge in [0, 0.05) is 24.6 Å². The number of aromatic nitrogens is 1. The molecule has 1 aromatic carbocycles. The van der Waals surface area contributed by atoms with Gasteiger partial charge < -0.3 is 14.2 Å². The highest BCUT2D eigenvalue weighted by Gasteiger charge is 2.32. The number of rotatable bonds is 6. The second kappa shape index (κ2) is 7.51. The third-order valence-electron chi connectivity index (χ3n) is 4.52. The summed E-state index contributed by atoms with van der Waals surface area (Å²) in [5.74, 6) is 1.77. The van der Waals surface area contributed by atoms with Crippen LogP contribution in [0.2, 0.25) is 0 Å². The molecule has 1 atom stereocenters. The predicted molar refractivity (Wildman–Crippen MR) is 90.9 cm³/mol. The normalized spacial score (nSPS) is 17.2. The molecule has 128 valence electrons. The van der Waals surface area contributed by atoms with Crippen molar-refractivity contribution in [1.82, 2.24) is 10.1 Å². The van der Waals surface area contributed by atoms with Crippen molar-refractivity contribution >= 4 is 5.91 Å². The number of ether oxygens (including phenoxy) is 1. The highest BCUT2D eigenvalue weighted by molar-refractivity contribution is 5.80. The summed E-state index contributed by atoms with van der Waals surface area (Å²) < 4.78 is 10.7. The zero-order chi connectivity index (χ0) is 16.9. The van der Waals surface area contributed by atoms with E-state index in [9.17, 15) is 4.79 Å². The third kappa shape index (κ3) is 3.45. The summed E-state index contributed by atoms with van der Waals surface area (Å²) in [5, 5.41) is 4.20. The Morgan fingerprint density at radius 2 is 2.25 bits per heavy atom. The van der Waals surface area contributed by atoms with Gasteiger partial charge in [-0.05, 0) is 25.3 Å². The number of benzene rings is 1. The Morgan fingerprint density at radius 3 is 3.04 bits per heavy atom. The van der Waals surface area contributed by atoms with Crippen LogP contribution in [-0.2, 0) is 17.6 Å². The molecule has 2 aromatic rings. The van der Waals surface area contributed by atoms with Crippen molar-refractivity contribution in [1.29, 1.82) is 0 Å². The number of hydrogen-bond donors (Lipinski definition) is 0. The van der Waals surface area contributed by atoms with E-state index in [4.69, 9.17) is 9.26 Å². The van der Waals surface area contributed by atoms with Crippen LogP contribution in [0.1, 0.15) is 49.2 Å². The molecule has 0 aliphatic carbocycles. The van der Waals surface area contributed by atoms with Crippen molar-refractivity contribution in [2.45, 2.75) is 45.1 Å². The molecule has 0 unspecified atom stereocenters. The Morgan fingerprint density at radius 1 is 1.42 bits per heavy atom. The highest BCUT2D eigenvalue weighted by atomic mass is 16.5. The maximum Gasteiger partial charge on any atom is 0.227 e. The maximum atomic E-state index is 12.8. The van der Waals surface area contributed by atoms with E-state index in [2.05, 4.69) is 12.1 Å². The van der Waals surface area contributed by atoms with Gasteiger partial charge in [0.25, 0.3) is 0 Å². The van der Waals surface area contributed by atoms with Gasteiger partial charge in [-0.3, -0.25) is 4.79 Å². The minimum atomic E-state index is 0.0292. The first kappa shape index (κ1) is 16.6. The fourth-order valence-corrected chi connectivity index (χ4v) is 3.34. The number of methoxy groups -OCH3 is 1.